The van der Waals surface area contributed by atoms with Crippen molar-refractivity contribution in [2.24, 2.45) is 0 Å². The number of nitrogens with one attached hydrogen (secondary N) is 2. The molecule has 2 N–H and O–H groups in total. The highest BCUT2D eigenvalue weighted by atomic mass is 32.1. The summed E-state index contributed by atoms with van der Waals surface area (Å²) in [6.07, 6.45) is 3.61. The molecular formula is C18H17N5OS. The predicted octanol–water partition coefficient (Wildman–Crippen LogP) is 3.43. The van der Waals surface area contributed by atoms with Crippen LogP contribution < -0.4 is 10.6 Å². The molecule has 0 fully saturated rings. The Hall–Kier alpha value is -2.80. The van der Waals surface area contributed by atoms with Crippen molar-refractivity contribution in [2.75, 3.05) is 12.4 Å². The Bertz CT molecular complexity index is 966. The number of carbonyl (C=O) groups excluding carboxylic acids is 1. The Kier molecular flexibility index (Phi) is 3.93. The zero-order valence-electron chi connectivity index (χ0n) is 14.0. The summed E-state index contributed by atoms with van der Waals surface area (Å²) < 4.78 is 0. The highest BCUT2D eigenvalue weighted by molar-refractivity contribution is 7.19. The van der Waals surface area contributed by atoms with Crippen molar-refractivity contribution in [3.8, 4) is 22.0 Å². The maximum atomic E-state index is 11.5. The molecular weight excluding hydrogens is 334 g/mol. The number of fused-ring (bicyclic) bond motifs is 3. The maximum Gasteiger partial charge on any atom is 0.320 e. The molecule has 0 radical (unpaired) electrons. The lowest BCUT2D eigenvalue weighted by molar-refractivity contribution is 0.254. The number of anilines is 1. The quantitative estimate of drug-likeness (QED) is 0.741. The number of amides is 2. The lowest BCUT2D eigenvalue weighted by Gasteiger charge is -2.15. The van der Waals surface area contributed by atoms with E-state index in [-0.39, 0.29) is 6.03 Å². The fourth-order valence-electron chi connectivity index (χ4n) is 2.91. The summed E-state index contributed by atoms with van der Waals surface area (Å²) in [7, 11) is 1.58. The van der Waals surface area contributed by atoms with E-state index in [4.69, 9.17) is 4.98 Å². The predicted molar refractivity (Wildman–Crippen MR) is 98.8 cm³/mol. The number of carbonyl (C=O) groups is 1. The van der Waals surface area contributed by atoms with Crippen LogP contribution >= 0.6 is 11.3 Å². The number of nitrogens with zero attached hydrogens (tertiary/aromatic N) is 3. The second kappa shape index (κ2) is 6.25. The maximum absolute atomic E-state index is 11.5. The van der Waals surface area contributed by atoms with Gasteiger partial charge in [-0.15, -0.1) is 0 Å². The van der Waals surface area contributed by atoms with E-state index in [0.29, 0.717) is 5.13 Å². The number of hydrogen-bond donors (Lipinski definition) is 2. The molecule has 0 atom stereocenters. The third-order valence-corrected chi connectivity index (χ3v) is 5.26. The van der Waals surface area contributed by atoms with E-state index < -0.39 is 0 Å². The first-order valence-electron chi connectivity index (χ1n) is 8.06. The molecule has 2 heterocycles. The molecule has 7 heteroatoms. The molecule has 0 saturated carbocycles. The second-order valence-electron chi connectivity index (χ2n) is 5.88. The molecule has 2 aromatic heterocycles. The first-order chi connectivity index (χ1) is 12.2. The Morgan fingerprint density at radius 2 is 2.04 bits per heavy atom. The highest BCUT2D eigenvalue weighted by Gasteiger charge is 2.24. The van der Waals surface area contributed by atoms with Gasteiger partial charge in [-0.2, -0.15) is 0 Å². The molecule has 0 unspecified atom stereocenters. The van der Waals surface area contributed by atoms with E-state index in [1.807, 2.05) is 24.4 Å². The molecule has 0 saturated heterocycles. The summed E-state index contributed by atoms with van der Waals surface area (Å²) in [6, 6.07) is 7.83. The van der Waals surface area contributed by atoms with Gasteiger partial charge in [-0.05, 0) is 30.9 Å². The van der Waals surface area contributed by atoms with Gasteiger partial charge in [0.2, 0.25) is 0 Å². The van der Waals surface area contributed by atoms with Gasteiger partial charge in [0, 0.05) is 18.8 Å². The monoisotopic (exact) mass is 351 g/mol. The molecule has 0 bridgehead atoms. The molecule has 4 rings (SSSR count). The van der Waals surface area contributed by atoms with Crippen LogP contribution in [0.4, 0.5) is 9.93 Å². The summed E-state index contributed by atoms with van der Waals surface area (Å²) in [5.74, 6) is 0.721. The Balaban J connectivity index is 1.77. The van der Waals surface area contributed by atoms with Gasteiger partial charge in [0.05, 0.1) is 16.3 Å². The minimum Gasteiger partial charge on any atom is -0.341 e. The van der Waals surface area contributed by atoms with Crippen LogP contribution in [0.15, 0.2) is 30.5 Å². The first kappa shape index (κ1) is 15.7. The van der Waals surface area contributed by atoms with Crippen LogP contribution in [0, 0.1) is 6.92 Å². The number of aryl methyl sites for hydroxylation is 3. The number of rotatable bonds is 2. The SMILES string of the molecule is CNC(=O)Nc1nc2c(s1)-c1nc(-c3ccccc3C)ncc1CC2. The minimum absolute atomic E-state index is 0.269. The van der Waals surface area contributed by atoms with Crippen molar-refractivity contribution in [1.82, 2.24) is 20.3 Å². The summed E-state index contributed by atoms with van der Waals surface area (Å²) in [5.41, 5.74) is 5.21. The average molecular weight is 351 g/mol. The largest absolute Gasteiger partial charge is 0.341 e. The van der Waals surface area contributed by atoms with Gasteiger partial charge < -0.3 is 5.32 Å². The number of urea groups is 1. The van der Waals surface area contributed by atoms with Gasteiger partial charge in [-0.25, -0.2) is 19.7 Å². The van der Waals surface area contributed by atoms with Crippen LogP contribution in [-0.2, 0) is 12.8 Å². The Morgan fingerprint density at radius 3 is 2.84 bits per heavy atom. The Labute approximate surface area is 149 Å². The normalized spacial score (nSPS) is 12.2. The topological polar surface area (TPSA) is 79.8 Å². The molecule has 126 valence electrons. The van der Waals surface area contributed by atoms with Gasteiger partial charge in [-0.1, -0.05) is 35.6 Å². The lowest BCUT2D eigenvalue weighted by Crippen LogP contribution is -2.24. The van der Waals surface area contributed by atoms with Crippen molar-refractivity contribution < 1.29 is 4.79 Å². The van der Waals surface area contributed by atoms with E-state index in [2.05, 4.69) is 33.6 Å². The summed E-state index contributed by atoms with van der Waals surface area (Å²) >= 11 is 1.46. The summed E-state index contributed by atoms with van der Waals surface area (Å²) in [6.45, 7) is 2.06. The standard InChI is InChI=1S/C18H17N5OS/c1-10-5-3-4-6-12(10)16-20-9-11-7-8-13-15(14(11)22-16)25-18(21-13)23-17(24)19-2/h3-6,9H,7-8H2,1-2H3,(H2,19,21,23,24). The van der Waals surface area contributed by atoms with Gasteiger partial charge in [-0.3, -0.25) is 5.32 Å². The fourth-order valence-corrected chi connectivity index (χ4v) is 3.94. The van der Waals surface area contributed by atoms with Gasteiger partial charge in [0.15, 0.2) is 11.0 Å². The second-order valence-corrected chi connectivity index (χ2v) is 6.88. The van der Waals surface area contributed by atoms with E-state index >= 15 is 0 Å². The third-order valence-electron chi connectivity index (χ3n) is 4.24. The molecule has 0 aliphatic heterocycles. The van der Waals surface area contributed by atoms with E-state index in [1.54, 1.807) is 7.05 Å². The third kappa shape index (κ3) is 2.87. The number of aromatic nitrogens is 3. The average Bonchev–Trinajstić information content (AvgIpc) is 3.04. The van der Waals surface area contributed by atoms with Crippen LogP contribution in [0.5, 0.6) is 0 Å². The Morgan fingerprint density at radius 1 is 1.20 bits per heavy atom. The fraction of sp³-hybridized carbons (Fsp3) is 0.222. The van der Waals surface area contributed by atoms with E-state index in [0.717, 1.165) is 51.6 Å². The van der Waals surface area contributed by atoms with Crippen LogP contribution in [0.1, 0.15) is 16.8 Å². The van der Waals surface area contributed by atoms with Gasteiger partial charge in [0.1, 0.15) is 0 Å². The van der Waals surface area contributed by atoms with Gasteiger partial charge >= 0.3 is 6.03 Å². The van der Waals surface area contributed by atoms with Crippen LogP contribution in [0.2, 0.25) is 0 Å². The molecule has 1 aromatic carbocycles. The molecule has 1 aliphatic rings. The number of benzene rings is 1. The van der Waals surface area contributed by atoms with Crippen molar-refractivity contribution >= 4 is 22.5 Å². The summed E-state index contributed by atoms with van der Waals surface area (Å²) in [5, 5.41) is 5.88. The molecule has 2 amide bonds. The molecule has 25 heavy (non-hydrogen) atoms. The minimum atomic E-state index is -0.269. The molecule has 6 nitrogen and oxygen atoms in total. The van der Waals surface area contributed by atoms with E-state index in [1.165, 1.54) is 11.3 Å². The molecule has 0 spiro atoms. The van der Waals surface area contributed by atoms with Crippen molar-refractivity contribution in [3.63, 3.8) is 0 Å². The summed E-state index contributed by atoms with van der Waals surface area (Å²) in [4.78, 5) is 26.5. The number of thiazole rings is 1. The van der Waals surface area contributed by atoms with Gasteiger partial charge in [0.25, 0.3) is 0 Å². The zero-order valence-corrected chi connectivity index (χ0v) is 14.8. The van der Waals surface area contributed by atoms with Crippen LogP contribution in [0.3, 0.4) is 0 Å². The van der Waals surface area contributed by atoms with E-state index in [9.17, 15) is 4.79 Å². The lowest BCUT2D eigenvalue weighted by atomic mass is 9.99. The number of hydrogen-bond acceptors (Lipinski definition) is 5. The van der Waals surface area contributed by atoms with Crippen molar-refractivity contribution in [3.05, 3.63) is 47.3 Å². The smallest absolute Gasteiger partial charge is 0.320 e. The first-order valence-corrected chi connectivity index (χ1v) is 8.88. The van der Waals surface area contributed by atoms with Crippen LogP contribution in [0.25, 0.3) is 22.0 Å². The molecule has 1 aliphatic carbocycles. The zero-order chi connectivity index (χ0) is 17.4. The van der Waals surface area contributed by atoms with Crippen molar-refractivity contribution in [1.29, 1.82) is 0 Å². The molecule has 3 aromatic rings. The van der Waals surface area contributed by atoms with Crippen molar-refractivity contribution in [2.45, 2.75) is 19.8 Å². The van der Waals surface area contributed by atoms with Crippen LogP contribution in [-0.4, -0.2) is 28.0 Å². The highest BCUT2D eigenvalue weighted by Crippen LogP contribution is 2.39.